The second-order valence-corrected chi connectivity index (χ2v) is 7.04. The fourth-order valence-corrected chi connectivity index (χ4v) is 3.92. The van der Waals surface area contributed by atoms with Gasteiger partial charge >= 0.3 is 0 Å². The van der Waals surface area contributed by atoms with E-state index in [1.807, 2.05) is 30.5 Å². The number of aromatic nitrogens is 1. The summed E-state index contributed by atoms with van der Waals surface area (Å²) < 4.78 is 6.23. The average molecular weight is 353 g/mol. The van der Waals surface area contributed by atoms with Gasteiger partial charge in [0.1, 0.15) is 11.6 Å². The number of anilines is 1. The molecule has 2 aromatic carbocycles. The van der Waals surface area contributed by atoms with Crippen molar-refractivity contribution in [2.24, 2.45) is 0 Å². The predicted molar refractivity (Wildman–Crippen MR) is 104 cm³/mol. The van der Waals surface area contributed by atoms with Crippen LogP contribution >= 0.6 is 11.6 Å². The minimum Gasteiger partial charge on any atom is -0.490 e. The Morgan fingerprint density at radius 1 is 1.04 bits per heavy atom. The van der Waals surface area contributed by atoms with E-state index in [4.69, 9.17) is 22.1 Å². The molecule has 0 radical (unpaired) electrons. The van der Waals surface area contributed by atoms with Gasteiger partial charge in [0.25, 0.3) is 0 Å². The van der Waals surface area contributed by atoms with Gasteiger partial charge in [-0.3, -0.25) is 0 Å². The van der Waals surface area contributed by atoms with Crippen molar-refractivity contribution in [2.75, 3.05) is 5.73 Å². The van der Waals surface area contributed by atoms with Crippen molar-refractivity contribution in [1.29, 1.82) is 0 Å². The van der Waals surface area contributed by atoms with Crippen molar-refractivity contribution in [3.63, 3.8) is 0 Å². The van der Waals surface area contributed by atoms with E-state index in [0.717, 1.165) is 40.5 Å². The van der Waals surface area contributed by atoms with Crippen molar-refractivity contribution in [1.82, 2.24) is 4.98 Å². The molecule has 0 unspecified atom stereocenters. The first-order valence-corrected chi connectivity index (χ1v) is 9.20. The van der Waals surface area contributed by atoms with E-state index >= 15 is 0 Å². The maximum Gasteiger partial charge on any atom is 0.132 e. The average Bonchev–Trinajstić information content (AvgIpc) is 2.63. The molecule has 128 valence electrons. The smallest absolute Gasteiger partial charge is 0.132 e. The zero-order chi connectivity index (χ0) is 17.2. The molecule has 1 heterocycles. The van der Waals surface area contributed by atoms with Gasteiger partial charge in [0.05, 0.1) is 11.1 Å². The first-order valence-electron chi connectivity index (χ1n) is 8.82. The van der Waals surface area contributed by atoms with Gasteiger partial charge in [-0.15, -0.1) is 0 Å². The van der Waals surface area contributed by atoms with Crippen LogP contribution in [0.2, 0.25) is 5.02 Å². The molecule has 1 aliphatic carbocycles. The van der Waals surface area contributed by atoms with Crippen molar-refractivity contribution >= 4 is 28.2 Å². The topological polar surface area (TPSA) is 48.1 Å². The number of nitrogen functional groups attached to an aromatic ring is 1. The van der Waals surface area contributed by atoms with Crippen LogP contribution in [-0.2, 0) is 0 Å². The SMILES string of the molecule is Nc1ncc(-c2ccccc2)c2cc(OC3CCCCC3)cc(Cl)c12. The Morgan fingerprint density at radius 2 is 1.80 bits per heavy atom. The molecule has 0 aliphatic heterocycles. The Labute approximate surface area is 152 Å². The number of halogens is 1. The van der Waals surface area contributed by atoms with E-state index in [1.165, 1.54) is 19.3 Å². The van der Waals surface area contributed by atoms with Gasteiger partial charge in [0.15, 0.2) is 0 Å². The second-order valence-electron chi connectivity index (χ2n) is 6.63. The number of benzene rings is 2. The van der Waals surface area contributed by atoms with Crippen molar-refractivity contribution in [2.45, 2.75) is 38.2 Å². The third-order valence-corrected chi connectivity index (χ3v) is 5.18. The van der Waals surface area contributed by atoms with E-state index in [0.29, 0.717) is 10.8 Å². The third kappa shape index (κ3) is 3.29. The highest BCUT2D eigenvalue weighted by molar-refractivity contribution is 6.37. The number of hydrogen-bond acceptors (Lipinski definition) is 3. The Hall–Kier alpha value is -2.26. The molecule has 0 spiro atoms. The van der Waals surface area contributed by atoms with Gasteiger partial charge in [-0.1, -0.05) is 48.4 Å². The zero-order valence-corrected chi connectivity index (χ0v) is 14.8. The minimum absolute atomic E-state index is 0.279. The standard InChI is InChI=1S/C21H21ClN2O/c22-19-12-16(25-15-9-5-2-6-10-15)11-17-18(13-24-21(23)20(17)19)14-7-3-1-4-8-14/h1,3-4,7-8,11-13,15H,2,5-6,9-10H2,(H2,23,24). The molecule has 1 aromatic heterocycles. The van der Waals surface area contributed by atoms with Crippen LogP contribution in [0.25, 0.3) is 21.9 Å². The van der Waals surface area contributed by atoms with Crippen LogP contribution in [0.1, 0.15) is 32.1 Å². The van der Waals surface area contributed by atoms with Gasteiger partial charge in [-0.2, -0.15) is 0 Å². The zero-order valence-electron chi connectivity index (χ0n) is 14.0. The number of nitrogens with two attached hydrogens (primary N) is 1. The Morgan fingerprint density at radius 3 is 2.56 bits per heavy atom. The molecule has 3 aromatic rings. The largest absolute Gasteiger partial charge is 0.490 e. The molecule has 4 heteroatoms. The molecule has 1 saturated carbocycles. The van der Waals surface area contributed by atoms with E-state index in [-0.39, 0.29) is 6.10 Å². The molecule has 1 aliphatic rings. The molecule has 0 atom stereocenters. The number of nitrogens with zero attached hydrogens (tertiary/aromatic N) is 1. The molecule has 0 amide bonds. The Bertz CT molecular complexity index is 889. The van der Waals surface area contributed by atoms with E-state index in [2.05, 4.69) is 23.2 Å². The maximum atomic E-state index is 6.54. The van der Waals surface area contributed by atoms with Gasteiger partial charge in [-0.05, 0) is 48.8 Å². The van der Waals surface area contributed by atoms with Crippen LogP contribution in [-0.4, -0.2) is 11.1 Å². The molecular formula is C21H21ClN2O. The molecule has 3 nitrogen and oxygen atoms in total. The first kappa shape index (κ1) is 16.2. The van der Waals surface area contributed by atoms with Gasteiger partial charge < -0.3 is 10.5 Å². The van der Waals surface area contributed by atoms with E-state index in [9.17, 15) is 0 Å². The lowest BCUT2D eigenvalue weighted by molar-refractivity contribution is 0.155. The lowest BCUT2D eigenvalue weighted by Crippen LogP contribution is -2.19. The fraction of sp³-hybridized carbons (Fsp3) is 0.286. The van der Waals surface area contributed by atoms with Crippen LogP contribution in [0, 0.1) is 0 Å². The number of hydrogen-bond donors (Lipinski definition) is 1. The number of rotatable bonds is 3. The quantitative estimate of drug-likeness (QED) is 0.643. The monoisotopic (exact) mass is 352 g/mol. The van der Waals surface area contributed by atoms with Crippen LogP contribution in [0.5, 0.6) is 5.75 Å². The van der Waals surface area contributed by atoms with Crippen molar-refractivity contribution < 1.29 is 4.74 Å². The summed E-state index contributed by atoms with van der Waals surface area (Å²) in [5, 5.41) is 2.36. The molecular weight excluding hydrogens is 332 g/mol. The minimum atomic E-state index is 0.279. The van der Waals surface area contributed by atoms with Crippen LogP contribution < -0.4 is 10.5 Å². The maximum absolute atomic E-state index is 6.54. The highest BCUT2D eigenvalue weighted by Crippen LogP contribution is 2.38. The van der Waals surface area contributed by atoms with Crippen LogP contribution in [0.15, 0.2) is 48.7 Å². The summed E-state index contributed by atoms with van der Waals surface area (Å²) in [6, 6.07) is 14.1. The van der Waals surface area contributed by atoms with Gasteiger partial charge in [-0.25, -0.2) is 4.98 Å². The highest BCUT2D eigenvalue weighted by atomic mass is 35.5. The lowest BCUT2D eigenvalue weighted by atomic mass is 9.97. The molecule has 25 heavy (non-hydrogen) atoms. The van der Waals surface area contributed by atoms with E-state index in [1.54, 1.807) is 0 Å². The van der Waals surface area contributed by atoms with Gasteiger partial charge in [0.2, 0.25) is 0 Å². The lowest BCUT2D eigenvalue weighted by Gasteiger charge is -2.23. The molecule has 0 bridgehead atoms. The Kier molecular flexibility index (Phi) is 4.50. The van der Waals surface area contributed by atoms with Gasteiger partial charge in [0, 0.05) is 17.1 Å². The fourth-order valence-electron chi connectivity index (χ4n) is 3.61. The van der Waals surface area contributed by atoms with Crippen LogP contribution in [0.3, 0.4) is 0 Å². The normalized spacial score (nSPS) is 15.4. The molecule has 0 saturated heterocycles. The summed E-state index contributed by atoms with van der Waals surface area (Å²) in [6.45, 7) is 0. The summed E-state index contributed by atoms with van der Waals surface area (Å²) in [7, 11) is 0. The van der Waals surface area contributed by atoms with Crippen LogP contribution in [0.4, 0.5) is 5.82 Å². The summed E-state index contributed by atoms with van der Waals surface area (Å²) in [6.07, 6.45) is 8.09. The molecule has 4 rings (SSSR count). The summed E-state index contributed by atoms with van der Waals surface area (Å²) in [4.78, 5) is 4.34. The number of fused-ring (bicyclic) bond motifs is 1. The second kappa shape index (κ2) is 6.93. The third-order valence-electron chi connectivity index (χ3n) is 4.88. The number of ether oxygens (including phenoxy) is 1. The highest BCUT2D eigenvalue weighted by Gasteiger charge is 2.17. The van der Waals surface area contributed by atoms with Crippen molar-refractivity contribution in [3.8, 4) is 16.9 Å². The van der Waals surface area contributed by atoms with Crippen molar-refractivity contribution in [3.05, 3.63) is 53.7 Å². The predicted octanol–water partition coefficient (Wildman–Crippen LogP) is 5.85. The Balaban J connectivity index is 1.82. The number of pyridine rings is 1. The first-order chi connectivity index (χ1) is 12.2. The van der Waals surface area contributed by atoms with E-state index < -0.39 is 0 Å². The molecule has 1 fully saturated rings. The molecule has 2 N–H and O–H groups in total. The summed E-state index contributed by atoms with van der Waals surface area (Å²) in [5.41, 5.74) is 8.21. The summed E-state index contributed by atoms with van der Waals surface area (Å²) >= 11 is 6.54. The summed E-state index contributed by atoms with van der Waals surface area (Å²) in [5.74, 6) is 1.26.